The number of hydrogen-bond acceptors (Lipinski definition) is 5. The molecule has 4 rings (SSSR count). The van der Waals surface area contributed by atoms with Gasteiger partial charge >= 0.3 is 0 Å². The van der Waals surface area contributed by atoms with Gasteiger partial charge in [0.1, 0.15) is 5.01 Å². The van der Waals surface area contributed by atoms with Gasteiger partial charge in [-0.3, -0.25) is 14.8 Å². The molecule has 7 heteroatoms. The van der Waals surface area contributed by atoms with Crippen molar-refractivity contribution in [1.82, 2.24) is 25.4 Å². The first-order valence-corrected chi connectivity index (χ1v) is 9.04. The third kappa shape index (κ3) is 2.79. The van der Waals surface area contributed by atoms with Crippen molar-refractivity contribution >= 4 is 17.2 Å². The van der Waals surface area contributed by atoms with Crippen LogP contribution in [-0.2, 0) is 32.4 Å². The Bertz CT molecular complexity index is 711. The lowest BCUT2D eigenvalue weighted by atomic mass is 10.0. The van der Waals surface area contributed by atoms with E-state index in [2.05, 4.69) is 20.4 Å². The van der Waals surface area contributed by atoms with Gasteiger partial charge in [-0.15, -0.1) is 11.3 Å². The van der Waals surface area contributed by atoms with Gasteiger partial charge in [0.2, 0.25) is 0 Å². The number of carbonyl (C=O) groups is 1. The Morgan fingerprint density at radius 2 is 2.22 bits per heavy atom. The Kier molecular flexibility index (Phi) is 3.90. The van der Waals surface area contributed by atoms with Gasteiger partial charge < -0.3 is 5.32 Å². The van der Waals surface area contributed by atoms with Crippen LogP contribution in [0.4, 0.5) is 0 Å². The van der Waals surface area contributed by atoms with E-state index >= 15 is 0 Å². The van der Waals surface area contributed by atoms with Crippen LogP contribution in [0.2, 0.25) is 0 Å². The molecule has 23 heavy (non-hydrogen) atoms. The van der Waals surface area contributed by atoms with Gasteiger partial charge in [0.25, 0.3) is 5.91 Å². The molecule has 2 aliphatic rings. The van der Waals surface area contributed by atoms with Crippen molar-refractivity contribution in [3.63, 3.8) is 0 Å². The summed E-state index contributed by atoms with van der Waals surface area (Å²) in [5, 5.41) is 11.1. The molecule has 3 heterocycles. The third-order valence-corrected chi connectivity index (χ3v) is 5.85. The monoisotopic (exact) mass is 331 g/mol. The number of thiazole rings is 1. The minimum Gasteiger partial charge on any atom is -0.354 e. The Morgan fingerprint density at radius 1 is 1.35 bits per heavy atom. The van der Waals surface area contributed by atoms with Crippen molar-refractivity contribution in [3.8, 4) is 0 Å². The van der Waals surface area contributed by atoms with E-state index in [9.17, 15) is 4.79 Å². The summed E-state index contributed by atoms with van der Waals surface area (Å²) in [4.78, 5) is 20.6. The molecular formula is C16H21N5OS. The van der Waals surface area contributed by atoms with Crippen LogP contribution in [0.3, 0.4) is 0 Å². The van der Waals surface area contributed by atoms with E-state index in [0.717, 1.165) is 43.7 Å². The lowest BCUT2D eigenvalue weighted by Gasteiger charge is -2.25. The van der Waals surface area contributed by atoms with E-state index in [1.165, 1.54) is 34.8 Å². The number of aryl methyl sites for hydroxylation is 2. The number of rotatable bonds is 3. The highest BCUT2D eigenvalue weighted by Gasteiger charge is 2.26. The van der Waals surface area contributed by atoms with Gasteiger partial charge in [0, 0.05) is 42.7 Å². The van der Waals surface area contributed by atoms with Crippen LogP contribution in [0, 0.1) is 0 Å². The highest BCUT2D eigenvalue weighted by atomic mass is 32.1. The smallest absolute Gasteiger partial charge is 0.271 e. The first-order chi connectivity index (χ1) is 11.2. The van der Waals surface area contributed by atoms with E-state index in [4.69, 9.17) is 4.98 Å². The van der Waals surface area contributed by atoms with E-state index < -0.39 is 0 Å². The quantitative estimate of drug-likeness (QED) is 0.897. The molecule has 0 aromatic carbocycles. The maximum Gasteiger partial charge on any atom is 0.271 e. The summed E-state index contributed by atoms with van der Waals surface area (Å²) in [6.07, 6.45) is 5.81. The van der Waals surface area contributed by atoms with Crippen molar-refractivity contribution < 1.29 is 4.79 Å². The molecule has 0 bridgehead atoms. The highest BCUT2D eigenvalue weighted by Crippen LogP contribution is 2.28. The fraction of sp³-hybridized carbons (Fsp3) is 0.562. The summed E-state index contributed by atoms with van der Waals surface area (Å²) in [5.41, 5.74) is 3.99. The number of amides is 1. The Hall–Kier alpha value is -1.73. The molecule has 6 nitrogen and oxygen atoms in total. The highest BCUT2D eigenvalue weighted by molar-refractivity contribution is 7.11. The van der Waals surface area contributed by atoms with E-state index in [1.807, 2.05) is 11.3 Å². The predicted molar refractivity (Wildman–Crippen MR) is 88.6 cm³/mol. The molecular weight excluding hydrogens is 310 g/mol. The van der Waals surface area contributed by atoms with Crippen LogP contribution in [0.1, 0.15) is 50.2 Å². The van der Waals surface area contributed by atoms with Gasteiger partial charge in [-0.25, -0.2) is 4.98 Å². The largest absolute Gasteiger partial charge is 0.354 e. The average Bonchev–Trinajstić information content (AvgIpc) is 3.17. The van der Waals surface area contributed by atoms with Crippen molar-refractivity contribution in [3.05, 3.63) is 32.5 Å². The summed E-state index contributed by atoms with van der Waals surface area (Å²) in [7, 11) is 1.64. The number of hydrogen-bond donors (Lipinski definition) is 2. The maximum atomic E-state index is 11.9. The zero-order chi connectivity index (χ0) is 15.8. The Labute approximate surface area is 139 Å². The second-order valence-electron chi connectivity index (χ2n) is 6.25. The summed E-state index contributed by atoms with van der Waals surface area (Å²) >= 11 is 1.87. The zero-order valence-corrected chi connectivity index (χ0v) is 14.1. The molecule has 1 aliphatic heterocycles. The van der Waals surface area contributed by atoms with Gasteiger partial charge in [0.15, 0.2) is 5.69 Å². The van der Waals surface area contributed by atoms with Crippen molar-refractivity contribution in [2.75, 3.05) is 13.6 Å². The molecule has 0 spiro atoms. The van der Waals surface area contributed by atoms with Crippen LogP contribution < -0.4 is 5.32 Å². The van der Waals surface area contributed by atoms with Crippen molar-refractivity contribution in [2.24, 2.45) is 0 Å². The van der Waals surface area contributed by atoms with E-state index in [-0.39, 0.29) is 5.91 Å². The number of aromatic nitrogens is 3. The summed E-state index contributed by atoms with van der Waals surface area (Å²) in [5.74, 6) is -0.117. The van der Waals surface area contributed by atoms with Crippen molar-refractivity contribution in [2.45, 2.75) is 45.2 Å². The van der Waals surface area contributed by atoms with Crippen LogP contribution in [-0.4, -0.2) is 39.6 Å². The second-order valence-corrected chi connectivity index (χ2v) is 7.42. The van der Waals surface area contributed by atoms with Crippen LogP contribution >= 0.6 is 11.3 Å². The first-order valence-electron chi connectivity index (χ1n) is 8.22. The standard InChI is InChI=1S/C16H21N5OS/c1-17-16(22)15-10-8-21(7-6-11(10)19-20-15)9-14-18-12-4-2-3-5-13(12)23-14/h2-9H2,1H3,(H,17,22)(H,19,20). The number of nitrogens with zero attached hydrogens (tertiary/aromatic N) is 3. The number of fused-ring (bicyclic) bond motifs is 2. The number of nitrogens with one attached hydrogen (secondary N) is 2. The predicted octanol–water partition coefficient (Wildman–Crippen LogP) is 1.66. The molecule has 2 N–H and O–H groups in total. The Balaban J connectivity index is 1.50. The van der Waals surface area contributed by atoms with E-state index in [0.29, 0.717) is 5.69 Å². The molecule has 1 aliphatic carbocycles. The molecule has 122 valence electrons. The zero-order valence-electron chi connectivity index (χ0n) is 13.3. The lowest BCUT2D eigenvalue weighted by molar-refractivity contribution is 0.0955. The normalized spacial score (nSPS) is 17.6. The van der Waals surface area contributed by atoms with Gasteiger partial charge in [-0.05, 0) is 25.7 Å². The fourth-order valence-electron chi connectivity index (χ4n) is 3.46. The van der Waals surface area contributed by atoms with Crippen LogP contribution in [0.15, 0.2) is 0 Å². The first kappa shape index (κ1) is 14.8. The summed E-state index contributed by atoms with van der Waals surface area (Å²) in [6, 6.07) is 0. The fourth-order valence-corrected chi connectivity index (χ4v) is 4.66. The molecule has 0 saturated carbocycles. The molecule has 2 aromatic heterocycles. The van der Waals surface area contributed by atoms with Crippen LogP contribution in [0.5, 0.6) is 0 Å². The second kappa shape index (κ2) is 6.05. The van der Waals surface area contributed by atoms with Crippen molar-refractivity contribution in [1.29, 1.82) is 0 Å². The molecule has 0 unspecified atom stereocenters. The molecule has 0 radical (unpaired) electrons. The maximum absolute atomic E-state index is 11.9. The molecule has 2 aromatic rings. The van der Waals surface area contributed by atoms with Gasteiger partial charge in [-0.1, -0.05) is 0 Å². The minimum atomic E-state index is -0.117. The summed E-state index contributed by atoms with van der Waals surface area (Å²) in [6.45, 7) is 2.61. The number of H-pyrrole nitrogens is 1. The topological polar surface area (TPSA) is 73.9 Å². The average molecular weight is 331 g/mol. The number of carbonyl (C=O) groups excluding carboxylic acids is 1. The Morgan fingerprint density at radius 3 is 3.04 bits per heavy atom. The molecule has 0 saturated heterocycles. The molecule has 1 amide bonds. The third-order valence-electron chi connectivity index (χ3n) is 4.70. The minimum absolute atomic E-state index is 0.117. The van der Waals surface area contributed by atoms with E-state index in [1.54, 1.807) is 7.05 Å². The van der Waals surface area contributed by atoms with Gasteiger partial charge in [0.05, 0.1) is 12.2 Å². The number of aromatic amines is 1. The molecule has 0 atom stereocenters. The lowest BCUT2D eigenvalue weighted by Crippen LogP contribution is -2.31. The van der Waals surface area contributed by atoms with Gasteiger partial charge in [-0.2, -0.15) is 5.10 Å². The SMILES string of the molecule is CNC(=O)c1n[nH]c2c1CN(Cc1nc3c(s1)CCCC3)CC2. The van der Waals surface area contributed by atoms with Crippen LogP contribution in [0.25, 0.3) is 0 Å². The summed E-state index contributed by atoms with van der Waals surface area (Å²) < 4.78 is 0. The molecule has 0 fully saturated rings.